The first-order valence-electron chi connectivity index (χ1n) is 7.37. The average Bonchev–Trinajstić information content (AvgIpc) is 3.00. The topological polar surface area (TPSA) is 46.1 Å². The fourth-order valence-corrected chi connectivity index (χ4v) is 2.75. The van der Waals surface area contributed by atoms with Crippen molar-refractivity contribution in [3.05, 3.63) is 24.0 Å². The van der Waals surface area contributed by atoms with Gasteiger partial charge in [-0.05, 0) is 37.9 Å². The lowest BCUT2D eigenvalue weighted by Gasteiger charge is -2.12. The number of hydrogen-bond donors (Lipinski definition) is 2. The maximum atomic E-state index is 11.9. The highest BCUT2D eigenvalue weighted by Crippen LogP contribution is 2.17. The van der Waals surface area contributed by atoms with Gasteiger partial charge in [0.15, 0.2) is 0 Å². The number of carbonyl (C=O) groups is 1. The first-order valence-corrected chi connectivity index (χ1v) is 7.37. The van der Waals surface area contributed by atoms with Gasteiger partial charge in [0.2, 0.25) is 5.91 Å². The predicted octanol–water partition coefficient (Wildman–Crippen LogP) is 2.22. The fraction of sp³-hybridized carbons (Fsp3) is 0.667. The van der Waals surface area contributed by atoms with Crippen molar-refractivity contribution in [2.45, 2.75) is 58.2 Å². The second kappa shape index (κ2) is 6.75. The summed E-state index contributed by atoms with van der Waals surface area (Å²) in [5.41, 5.74) is 1.23. The van der Waals surface area contributed by atoms with Crippen molar-refractivity contribution in [3.63, 3.8) is 0 Å². The zero-order chi connectivity index (χ0) is 13.7. The summed E-state index contributed by atoms with van der Waals surface area (Å²) in [7, 11) is 0. The molecule has 1 aliphatic rings. The van der Waals surface area contributed by atoms with Crippen LogP contribution in [0.4, 0.5) is 0 Å². The third-order valence-electron chi connectivity index (χ3n) is 3.83. The highest BCUT2D eigenvalue weighted by atomic mass is 16.2. The van der Waals surface area contributed by atoms with Gasteiger partial charge >= 0.3 is 0 Å². The van der Waals surface area contributed by atoms with E-state index in [9.17, 15) is 4.79 Å². The Morgan fingerprint density at radius 1 is 1.47 bits per heavy atom. The smallest absolute Gasteiger partial charge is 0.240 e. The molecular weight excluding hydrogens is 238 g/mol. The first-order chi connectivity index (χ1) is 9.19. The number of rotatable bonds is 6. The predicted molar refractivity (Wildman–Crippen MR) is 76.9 cm³/mol. The summed E-state index contributed by atoms with van der Waals surface area (Å²) in [6.45, 7) is 5.62. The lowest BCUT2D eigenvalue weighted by atomic mass is 10.2. The lowest BCUT2D eigenvalue weighted by molar-refractivity contribution is -0.122. The molecule has 0 bridgehead atoms. The molecule has 2 rings (SSSR count). The molecule has 1 unspecified atom stereocenters. The monoisotopic (exact) mass is 263 g/mol. The van der Waals surface area contributed by atoms with Crippen LogP contribution in [0.1, 0.15) is 51.1 Å². The summed E-state index contributed by atoms with van der Waals surface area (Å²) in [5.74, 6) is 0.130. The van der Waals surface area contributed by atoms with Crippen molar-refractivity contribution in [1.82, 2.24) is 15.2 Å². The molecule has 1 amide bonds. The Balaban J connectivity index is 1.83. The molecule has 1 aromatic rings. The van der Waals surface area contributed by atoms with Crippen molar-refractivity contribution < 1.29 is 4.79 Å². The molecule has 1 saturated carbocycles. The number of nitrogens with one attached hydrogen (secondary N) is 2. The third kappa shape index (κ3) is 4.10. The van der Waals surface area contributed by atoms with Crippen LogP contribution in [0.15, 0.2) is 18.5 Å². The lowest BCUT2D eigenvalue weighted by Crippen LogP contribution is -2.34. The normalized spacial score (nSPS) is 17.6. The summed E-state index contributed by atoms with van der Waals surface area (Å²) in [5, 5.41) is 6.49. The van der Waals surface area contributed by atoms with Crippen LogP contribution in [0.2, 0.25) is 0 Å². The Morgan fingerprint density at radius 2 is 2.21 bits per heavy atom. The van der Waals surface area contributed by atoms with Gasteiger partial charge < -0.3 is 15.2 Å². The molecule has 1 fully saturated rings. The second-order valence-corrected chi connectivity index (χ2v) is 5.45. The van der Waals surface area contributed by atoms with E-state index in [1.807, 2.05) is 10.8 Å². The zero-order valence-electron chi connectivity index (χ0n) is 12.0. The molecule has 1 atom stereocenters. The fourth-order valence-electron chi connectivity index (χ4n) is 2.75. The van der Waals surface area contributed by atoms with Gasteiger partial charge in [0.25, 0.3) is 0 Å². The van der Waals surface area contributed by atoms with Gasteiger partial charge in [-0.2, -0.15) is 0 Å². The summed E-state index contributed by atoms with van der Waals surface area (Å²) in [6.07, 6.45) is 8.82. The van der Waals surface area contributed by atoms with Gasteiger partial charge in [-0.25, -0.2) is 0 Å². The van der Waals surface area contributed by atoms with E-state index >= 15 is 0 Å². The van der Waals surface area contributed by atoms with E-state index in [0.717, 1.165) is 19.4 Å². The van der Waals surface area contributed by atoms with Gasteiger partial charge in [0.1, 0.15) is 6.54 Å². The summed E-state index contributed by atoms with van der Waals surface area (Å²) in [6, 6.07) is 2.82. The van der Waals surface area contributed by atoms with Crippen molar-refractivity contribution in [3.8, 4) is 0 Å². The van der Waals surface area contributed by atoms with E-state index in [1.54, 1.807) is 0 Å². The number of hydrogen-bond acceptors (Lipinski definition) is 2. The van der Waals surface area contributed by atoms with Crippen LogP contribution in [0, 0.1) is 0 Å². The molecule has 19 heavy (non-hydrogen) atoms. The number of amides is 1. The van der Waals surface area contributed by atoms with E-state index in [0.29, 0.717) is 18.6 Å². The molecule has 1 aliphatic carbocycles. The van der Waals surface area contributed by atoms with Crippen LogP contribution >= 0.6 is 0 Å². The molecule has 2 N–H and O–H groups in total. The van der Waals surface area contributed by atoms with Gasteiger partial charge in [0.05, 0.1) is 0 Å². The zero-order valence-corrected chi connectivity index (χ0v) is 12.0. The van der Waals surface area contributed by atoms with Crippen molar-refractivity contribution >= 4 is 5.91 Å². The Hall–Kier alpha value is -1.29. The van der Waals surface area contributed by atoms with Crippen molar-refractivity contribution in [2.24, 2.45) is 0 Å². The van der Waals surface area contributed by atoms with Crippen LogP contribution in [0.3, 0.4) is 0 Å². The van der Waals surface area contributed by atoms with E-state index in [4.69, 9.17) is 0 Å². The molecule has 0 saturated heterocycles. The van der Waals surface area contributed by atoms with Gasteiger partial charge in [-0.3, -0.25) is 4.79 Å². The molecule has 1 heterocycles. The van der Waals surface area contributed by atoms with Crippen LogP contribution < -0.4 is 10.6 Å². The number of nitrogens with zero attached hydrogens (tertiary/aromatic N) is 1. The van der Waals surface area contributed by atoms with E-state index in [2.05, 4.69) is 36.7 Å². The maximum Gasteiger partial charge on any atom is 0.240 e. The van der Waals surface area contributed by atoms with Crippen LogP contribution in [-0.4, -0.2) is 23.1 Å². The Morgan fingerprint density at radius 3 is 2.89 bits per heavy atom. The molecule has 0 aromatic carbocycles. The quantitative estimate of drug-likeness (QED) is 0.826. The third-order valence-corrected chi connectivity index (χ3v) is 3.83. The van der Waals surface area contributed by atoms with E-state index in [-0.39, 0.29) is 5.91 Å². The molecular formula is C15H25N3O. The summed E-state index contributed by atoms with van der Waals surface area (Å²) in [4.78, 5) is 11.9. The minimum atomic E-state index is 0.130. The SMILES string of the molecule is CCNC(C)c1ccn(CC(=O)NC2CCCC2)c1. The molecule has 0 spiro atoms. The van der Waals surface area contributed by atoms with E-state index < -0.39 is 0 Å². The molecule has 4 nitrogen and oxygen atoms in total. The largest absolute Gasteiger partial charge is 0.352 e. The summed E-state index contributed by atoms with van der Waals surface area (Å²) >= 11 is 0. The number of carbonyl (C=O) groups excluding carboxylic acids is 1. The highest BCUT2D eigenvalue weighted by molar-refractivity contribution is 5.76. The van der Waals surface area contributed by atoms with Crippen LogP contribution in [0.5, 0.6) is 0 Å². The molecule has 1 aromatic heterocycles. The first kappa shape index (κ1) is 14.1. The van der Waals surface area contributed by atoms with Crippen LogP contribution in [0.25, 0.3) is 0 Å². The van der Waals surface area contributed by atoms with Gasteiger partial charge in [-0.15, -0.1) is 0 Å². The molecule has 106 valence electrons. The molecule has 0 aliphatic heterocycles. The summed E-state index contributed by atoms with van der Waals surface area (Å²) < 4.78 is 1.97. The van der Waals surface area contributed by atoms with Crippen molar-refractivity contribution in [1.29, 1.82) is 0 Å². The van der Waals surface area contributed by atoms with Gasteiger partial charge in [-0.1, -0.05) is 19.8 Å². The Bertz CT molecular complexity index is 407. The minimum Gasteiger partial charge on any atom is -0.352 e. The maximum absolute atomic E-state index is 11.9. The van der Waals surface area contributed by atoms with Crippen molar-refractivity contribution in [2.75, 3.05) is 6.54 Å². The second-order valence-electron chi connectivity index (χ2n) is 5.45. The molecule has 0 radical (unpaired) electrons. The minimum absolute atomic E-state index is 0.130. The highest BCUT2D eigenvalue weighted by Gasteiger charge is 2.17. The Labute approximate surface area is 115 Å². The average molecular weight is 263 g/mol. The van der Waals surface area contributed by atoms with Gasteiger partial charge in [0, 0.05) is 24.5 Å². The molecule has 4 heteroatoms. The standard InChI is InChI=1S/C15H25N3O/c1-3-16-12(2)13-8-9-18(10-13)11-15(19)17-14-6-4-5-7-14/h8-10,12,14,16H,3-7,11H2,1-2H3,(H,17,19). The Kier molecular flexibility index (Phi) is 5.02. The van der Waals surface area contributed by atoms with Crippen LogP contribution in [-0.2, 0) is 11.3 Å². The van der Waals surface area contributed by atoms with E-state index in [1.165, 1.54) is 18.4 Å². The number of aromatic nitrogens is 1.